The van der Waals surface area contributed by atoms with E-state index in [-0.39, 0.29) is 17.8 Å². The van der Waals surface area contributed by atoms with E-state index in [0.29, 0.717) is 11.1 Å². The Labute approximate surface area is 125 Å². The molecule has 1 heterocycles. The van der Waals surface area contributed by atoms with Crippen LogP contribution in [0.15, 0.2) is 48.5 Å². The Balaban J connectivity index is 2.16. The number of rotatable bonds is 3. The van der Waals surface area contributed by atoms with E-state index in [1.165, 1.54) is 22.8 Å². The fourth-order valence-corrected chi connectivity index (χ4v) is 2.49. The highest BCUT2D eigenvalue weighted by Gasteiger charge is 2.16. The summed E-state index contributed by atoms with van der Waals surface area (Å²) >= 11 is 0. The molecule has 0 fully saturated rings. The smallest absolute Gasteiger partial charge is 0.352 e. The van der Waals surface area contributed by atoms with Gasteiger partial charge in [0.05, 0.1) is 18.2 Å². The lowest BCUT2D eigenvalue weighted by molar-refractivity contribution is 0.0686. The number of carboxylic acids is 1. The Hall–Kier alpha value is -3.13. The van der Waals surface area contributed by atoms with Crippen LogP contribution in [0.3, 0.4) is 0 Å². The fraction of sp³-hybridized carbons (Fsp3) is 0.0588. The highest BCUT2D eigenvalue weighted by atomic mass is 19.1. The molecule has 108 valence electrons. The molecule has 0 amide bonds. The summed E-state index contributed by atoms with van der Waals surface area (Å²) in [6.07, 6.45) is 0. The summed E-state index contributed by atoms with van der Waals surface area (Å²) in [6.45, 7) is 0.0521. The molecule has 0 atom stereocenters. The molecule has 0 radical (unpaired) electrons. The third-order valence-corrected chi connectivity index (χ3v) is 3.53. The average molecular weight is 294 g/mol. The van der Waals surface area contributed by atoms with Gasteiger partial charge in [0.2, 0.25) is 0 Å². The topological polar surface area (TPSA) is 66.0 Å². The zero-order valence-corrected chi connectivity index (χ0v) is 11.5. The fourth-order valence-electron chi connectivity index (χ4n) is 2.49. The summed E-state index contributed by atoms with van der Waals surface area (Å²) in [5.74, 6) is -1.54. The Kier molecular flexibility index (Phi) is 3.36. The van der Waals surface area contributed by atoms with Gasteiger partial charge in [0, 0.05) is 16.5 Å². The quantitative estimate of drug-likeness (QED) is 0.805. The van der Waals surface area contributed by atoms with Gasteiger partial charge in [0.1, 0.15) is 11.5 Å². The first-order valence-electron chi connectivity index (χ1n) is 6.60. The van der Waals surface area contributed by atoms with Crippen molar-refractivity contribution in [1.29, 1.82) is 5.26 Å². The van der Waals surface area contributed by atoms with E-state index in [1.807, 2.05) is 12.1 Å². The van der Waals surface area contributed by atoms with E-state index in [1.54, 1.807) is 24.3 Å². The summed E-state index contributed by atoms with van der Waals surface area (Å²) in [5, 5.41) is 19.0. The van der Waals surface area contributed by atoms with Crippen molar-refractivity contribution in [3.63, 3.8) is 0 Å². The monoisotopic (exact) mass is 294 g/mol. The number of halogens is 1. The number of para-hydroxylation sites is 1. The van der Waals surface area contributed by atoms with Crippen LogP contribution < -0.4 is 0 Å². The first kappa shape index (κ1) is 13.8. The molecule has 3 aromatic rings. The van der Waals surface area contributed by atoms with Crippen molar-refractivity contribution < 1.29 is 14.3 Å². The molecule has 0 saturated heterocycles. The van der Waals surface area contributed by atoms with Crippen LogP contribution in [0.5, 0.6) is 0 Å². The summed E-state index contributed by atoms with van der Waals surface area (Å²) in [6, 6.07) is 14.8. The minimum Gasteiger partial charge on any atom is -0.477 e. The van der Waals surface area contributed by atoms with Gasteiger partial charge in [-0.3, -0.25) is 0 Å². The van der Waals surface area contributed by atoms with Crippen LogP contribution in [0.1, 0.15) is 21.6 Å². The molecule has 1 N–H and O–H groups in total. The molecule has 0 aliphatic carbocycles. The predicted molar refractivity (Wildman–Crippen MR) is 79.1 cm³/mol. The van der Waals surface area contributed by atoms with Crippen molar-refractivity contribution in [2.45, 2.75) is 6.54 Å². The normalized spacial score (nSPS) is 10.5. The van der Waals surface area contributed by atoms with Crippen molar-refractivity contribution in [2.24, 2.45) is 0 Å². The predicted octanol–water partition coefficient (Wildman–Crippen LogP) is 3.40. The van der Waals surface area contributed by atoms with E-state index < -0.39 is 11.8 Å². The summed E-state index contributed by atoms with van der Waals surface area (Å²) in [5.41, 5.74) is 1.41. The third-order valence-electron chi connectivity index (χ3n) is 3.53. The SMILES string of the molecule is N#Cc1ccc(F)c(Cn2c(C(=O)O)cc3ccccc32)c1. The Morgan fingerprint density at radius 3 is 2.73 bits per heavy atom. The lowest BCUT2D eigenvalue weighted by atomic mass is 10.1. The second-order valence-electron chi connectivity index (χ2n) is 4.90. The summed E-state index contributed by atoms with van der Waals surface area (Å²) in [7, 11) is 0. The van der Waals surface area contributed by atoms with Gasteiger partial charge in [-0.25, -0.2) is 9.18 Å². The lowest BCUT2D eigenvalue weighted by Gasteiger charge is -2.10. The molecule has 22 heavy (non-hydrogen) atoms. The average Bonchev–Trinajstić information content (AvgIpc) is 2.88. The summed E-state index contributed by atoms with van der Waals surface area (Å²) in [4.78, 5) is 11.4. The van der Waals surface area contributed by atoms with Gasteiger partial charge in [-0.2, -0.15) is 5.26 Å². The Morgan fingerprint density at radius 2 is 2.00 bits per heavy atom. The van der Waals surface area contributed by atoms with Crippen LogP contribution in [0.25, 0.3) is 10.9 Å². The van der Waals surface area contributed by atoms with Crippen molar-refractivity contribution in [1.82, 2.24) is 4.57 Å². The molecule has 5 heteroatoms. The van der Waals surface area contributed by atoms with Gasteiger partial charge in [-0.1, -0.05) is 18.2 Å². The second-order valence-corrected chi connectivity index (χ2v) is 4.90. The van der Waals surface area contributed by atoms with Gasteiger partial charge in [0.15, 0.2) is 0 Å². The van der Waals surface area contributed by atoms with Gasteiger partial charge in [-0.15, -0.1) is 0 Å². The maximum atomic E-state index is 14.0. The Bertz CT molecular complexity index is 922. The second kappa shape index (κ2) is 5.34. The standard InChI is InChI=1S/C17H11FN2O2/c18-14-6-5-11(9-19)7-13(14)10-20-15-4-2-1-3-12(15)8-16(20)17(21)22/h1-8H,10H2,(H,21,22). The van der Waals surface area contributed by atoms with Crippen molar-refractivity contribution in [3.05, 3.63) is 71.2 Å². The molecule has 0 bridgehead atoms. The first-order chi connectivity index (χ1) is 10.6. The van der Waals surface area contributed by atoms with Crippen LogP contribution in [0, 0.1) is 17.1 Å². The maximum Gasteiger partial charge on any atom is 0.352 e. The molecule has 0 aliphatic heterocycles. The number of benzene rings is 2. The van der Waals surface area contributed by atoms with Gasteiger partial charge < -0.3 is 9.67 Å². The minimum atomic E-state index is -1.08. The number of aromatic carboxylic acids is 1. The number of carboxylic acid groups (broad SMARTS) is 1. The highest BCUT2D eigenvalue weighted by molar-refractivity contribution is 5.94. The third kappa shape index (κ3) is 2.31. The Morgan fingerprint density at radius 1 is 1.23 bits per heavy atom. The zero-order chi connectivity index (χ0) is 15.7. The van der Waals surface area contributed by atoms with E-state index in [4.69, 9.17) is 5.26 Å². The number of nitriles is 1. The van der Waals surface area contributed by atoms with Gasteiger partial charge >= 0.3 is 5.97 Å². The van der Waals surface area contributed by atoms with Crippen LogP contribution >= 0.6 is 0 Å². The van der Waals surface area contributed by atoms with E-state index >= 15 is 0 Å². The number of hydrogen-bond acceptors (Lipinski definition) is 2. The van der Waals surface area contributed by atoms with Crippen LogP contribution in [0.2, 0.25) is 0 Å². The van der Waals surface area contributed by atoms with Crippen molar-refractivity contribution in [2.75, 3.05) is 0 Å². The van der Waals surface area contributed by atoms with Crippen molar-refractivity contribution >= 4 is 16.9 Å². The maximum absolute atomic E-state index is 14.0. The highest BCUT2D eigenvalue weighted by Crippen LogP contribution is 2.22. The largest absolute Gasteiger partial charge is 0.477 e. The lowest BCUT2D eigenvalue weighted by Crippen LogP contribution is -2.10. The zero-order valence-electron chi connectivity index (χ0n) is 11.5. The van der Waals surface area contributed by atoms with E-state index in [2.05, 4.69) is 0 Å². The first-order valence-corrected chi connectivity index (χ1v) is 6.60. The van der Waals surface area contributed by atoms with Gasteiger partial charge in [-0.05, 0) is 30.3 Å². The van der Waals surface area contributed by atoms with Crippen LogP contribution in [0.4, 0.5) is 4.39 Å². The molecular formula is C17H11FN2O2. The summed E-state index contributed by atoms with van der Waals surface area (Å²) < 4.78 is 15.5. The number of carbonyl (C=O) groups is 1. The number of fused-ring (bicyclic) bond motifs is 1. The molecule has 4 nitrogen and oxygen atoms in total. The molecular weight excluding hydrogens is 283 g/mol. The molecule has 3 rings (SSSR count). The molecule has 2 aromatic carbocycles. The number of aromatic nitrogens is 1. The van der Waals surface area contributed by atoms with Crippen LogP contribution in [-0.4, -0.2) is 15.6 Å². The van der Waals surface area contributed by atoms with Crippen molar-refractivity contribution in [3.8, 4) is 6.07 Å². The molecule has 0 unspecified atom stereocenters. The minimum absolute atomic E-state index is 0.0521. The number of hydrogen-bond donors (Lipinski definition) is 1. The van der Waals surface area contributed by atoms with E-state index in [9.17, 15) is 14.3 Å². The van der Waals surface area contributed by atoms with E-state index in [0.717, 1.165) is 5.39 Å². The molecule has 0 saturated carbocycles. The van der Waals surface area contributed by atoms with Gasteiger partial charge in [0.25, 0.3) is 0 Å². The molecule has 1 aromatic heterocycles. The van der Waals surface area contributed by atoms with Crippen LogP contribution in [-0.2, 0) is 6.54 Å². The molecule has 0 aliphatic rings. The molecule has 0 spiro atoms. The number of nitrogens with zero attached hydrogens (tertiary/aromatic N) is 2.